The number of carbonyl (C=O) groups excluding carboxylic acids is 3. The zero-order chi connectivity index (χ0) is 18.1. The van der Waals surface area contributed by atoms with E-state index in [0.717, 1.165) is 10.3 Å². The van der Waals surface area contributed by atoms with E-state index in [4.69, 9.17) is 9.26 Å². The summed E-state index contributed by atoms with van der Waals surface area (Å²) in [7, 11) is 0. The lowest BCUT2D eigenvalue weighted by molar-refractivity contribution is -0.143. The van der Waals surface area contributed by atoms with Gasteiger partial charge in [0.25, 0.3) is 11.8 Å². The summed E-state index contributed by atoms with van der Waals surface area (Å²) >= 11 is 0. The van der Waals surface area contributed by atoms with Crippen molar-refractivity contribution in [3.05, 3.63) is 65.4 Å². The van der Waals surface area contributed by atoms with Gasteiger partial charge in [-0.15, -0.1) is 0 Å². The summed E-state index contributed by atoms with van der Waals surface area (Å²) in [5.41, 5.74) is 1.84. The average molecular weight is 350 g/mol. The minimum absolute atomic E-state index is 0.0116. The van der Waals surface area contributed by atoms with Crippen LogP contribution in [0.5, 0.6) is 0 Å². The van der Waals surface area contributed by atoms with Crippen LogP contribution >= 0.6 is 0 Å². The van der Waals surface area contributed by atoms with Gasteiger partial charge in [0.05, 0.1) is 24.1 Å². The molecule has 0 unspecified atom stereocenters. The molecule has 2 heterocycles. The number of nitrogens with zero attached hydrogens (tertiary/aromatic N) is 2. The van der Waals surface area contributed by atoms with Crippen LogP contribution in [0, 0.1) is 0 Å². The first-order valence-corrected chi connectivity index (χ1v) is 8.09. The number of aromatic nitrogens is 1. The first-order chi connectivity index (χ1) is 12.6. The zero-order valence-electron chi connectivity index (χ0n) is 13.7. The maximum atomic E-state index is 12.2. The van der Waals surface area contributed by atoms with Crippen molar-refractivity contribution in [1.82, 2.24) is 10.1 Å². The van der Waals surface area contributed by atoms with Crippen LogP contribution in [-0.2, 0) is 16.0 Å². The van der Waals surface area contributed by atoms with Gasteiger partial charge in [0.1, 0.15) is 12.3 Å². The number of para-hydroxylation sites is 1. The Kier molecular flexibility index (Phi) is 3.96. The van der Waals surface area contributed by atoms with Crippen molar-refractivity contribution in [2.24, 2.45) is 0 Å². The molecule has 7 nitrogen and oxygen atoms in total. The van der Waals surface area contributed by atoms with Gasteiger partial charge in [0.2, 0.25) is 0 Å². The fourth-order valence-electron chi connectivity index (χ4n) is 2.95. The van der Waals surface area contributed by atoms with Gasteiger partial charge < -0.3 is 9.26 Å². The number of rotatable bonds is 5. The van der Waals surface area contributed by atoms with Crippen LogP contribution in [0.1, 0.15) is 26.4 Å². The molecule has 0 spiro atoms. The molecule has 0 bridgehead atoms. The molecule has 2 amide bonds. The summed E-state index contributed by atoms with van der Waals surface area (Å²) in [5.74, 6) is -1.24. The lowest BCUT2D eigenvalue weighted by atomic mass is 10.1. The van der Waals surface area contributed by atoms with E-state index >= 15 is 0 Å². The number of amides is 2. The second-order valence-corrected chi connectivity index (χ2v) is 5.83. The van der Waals surface area contributed by atoms with Crippen molar-refractivity contribution in [2.75, 3.05) is 13.2 Å². The summed E-state index contributed by atoms with van der Waals surface area (Å²) in [6.07, 6.45) is -0.0425. The smallest absolute Gasteiger partial charge is 0.312 e. The average Bonchev–Trinajstić information content (AvgIpc) is 3.17. The van der Waals surface area contributed by atoms with Crippen molar-refractivity contribution in [3.8, 4) is 0 Å². The quantitative estimate of drug-likeness (QED) is 0.518. The lowest BCUT2D eigenvalue weighted by Gasteiger charge is -2.13. The molecule has 0 saturated carbocycles. The fraction of sp³-hybridized carbons (Fsp3) is 0.158. The molecule has 26 heavy (non-hydrogen) atoms. The maximum Gasteiger partial charge on any atom is 0.312 e. The van der Waals surface area contributed by atoms with E-state index < -0.39 is 5.97 Å². The van der Waals surface area contributed by atoms with E-state index in [9.17, 15) is 14.4 Å². The second kappa shape index (κ2) is 6.44. The summed E-state index contributed by atoms with van der Waals surface area (Å²) in [5, 5.41) is 4.63. The van der Waals surface area contributed by atoms with E-state index in [2.05, 4.69) is 5.16 Å². The number of carbonyl (C=O) groups is 3. The van der Waals surface area contributed by atoms with Gasteiger partial charge in [0, 0.05) is 5.39 Å². The van der Waals surface area contributed by atoms with Crippen LogP contribution in [0.2, 0.25) is 0 Å². The first-order valence-electron chi connectivity index (χ1n) is 8.09. The van der Waals surface area contributed by atoms with Gasteiger partial charge in [0.15, 0.2) is 5.58 Å². The highest BCUT2D eigenvalue weighted by Gasteiger charge is 2.34. The third-order valence-corrected chi connectivity index (χ3v) is 4.22. The highest BCUT2D eigenvalue weighted by atomic mass is 16.5. The molecule has 0 fully saturated rings. The summed E-state index contributed by atoms with van der Waals surface area (Å²) in [6.45, 7) is -0.0578. The van der Waals surface area contributed by atoms with E-state index in [1.54, 1.807) is 30.3 Å². The predicted octanol–water partition coefficient (Wildman–Crippen LogP) is 2.21. The van der Waals surface area contributed by atoms with E-state index in [-0.39, 0.29) is 31.4 Å². The minimum Gasteiger partial charge on any atom is -0.463 e. The van der Waals surface area contributed by atoms with Crippen LogP contribution in [0.25, 0.3) is 11.0 Å². The van der Waals surface area contributed by atoms with Crippen LogP contribution in [0.3, 0.4) is 0 Å². The SMILES string of the molecule is O=C(Cc1noc2ccccc12)OCCN1C(=O)c2ccccc2C1=O. The van der Waals surface area contributed by atoms with Gasteiger partial charge >= 0.3 is 5.97 Å². The van der Waals surface area contributed by atoms with Crippen LogP contribution in [0.15, 0.2) is 53.1 Å². The van der Waals surface area contributed by atoms with Gasteiger partial charge in [-0.25, -0.2) is 0 Å². The largest absolute Gasteiger partial charge is 0.463 e. The highest BCUT2D eigenvalue weighted by Crippen LogP contribution is 2.22. The Labute approximate surface area is 148 Å². The predicted molar refractivity (Wildman–Crippen MR) is 90.5 cm³/mol. The van der Waals surface area contributed by atoms with E-state index in [1.165, 1.54) is 0 Å². The number of hydrogen-bond acceptors (Lipinski definition) is 6. The number of esters is 1. The Bertz CT molecular complexity index is 988. The molecule has 2 aromatic carbocycles. The third-order valence-electron chi connectivity index (χ3n) is 4.22. The molecule has 0 aliphatic carbocycles. The van der Waals surface area contributed by atoms with Gasteiger partial charge in [-0.3, -0.25) is 19.3 Å². The number of fused-ring (bicyclic) bond motifs is 2. The Hall–Kier alpha value is -3.48. The topological polar surface area (TPSA) is 89.7 Å². The Morgan fingerprint density at radius 1 is 1.00 bits per heavy atom. The molecule has 0 saturated heterocycles. The zero-order valence-corrected chi connectivity index (χ0v) is 13.7. The molecule has 1 aliphatic heterocycles. The number of hydrogen-bond donors (Lipinski definition) is 0. The monoisotopic (exact) mass is 350 g/mol. The first kappa shape index (κ1) is 16.0. The van der Waals surface area contributed by atoms with Gasteiger partial charge in [-0.05, 0) is 24.3 Å². The van der Waals surface area contributed by atoms with Gasteiger partial charge in [-0.1, -0.05) is 29.4 Å². The Balaban J connectivity index is 1.35. The number of imide groups is 1. The van der Waals surface area contributed by atoms with Crippen molar-refractivity contribution in [1.29, 1.82) is 0 Å². The summed E-state index contributed by atoms with van der Waals surface area (Å²) < 4.78 is 10.3. The molecular weight excluding hydrogens is 336 g/mol. The van der Waals surface area contributed by atoms with Gasteiger partial charge in [-0.2, -0.15) is 0 Å². The van der Waals surface area contributed by atoms with Crippen LogP contribution in [0.4, 0.5) is 0 Å². The summed E-state index contributed by atoms with van der Waals surface area (Å²) in [6, 6.07) is 13.8. The molecule has 4 rings (SSSR count). The molecule has 7 heteroatoms. The van der Waals surface area contributed by atoms with Crippen molar-refractivity contribution in [2.45, 2.75) is 6.42 Å². The molecule has 130 valence electrons. The molecule has 1 aromatic heterocycles. The third kappa shape index (κ3) is 2.73. The van der Waals surface area contributed by atoms with Crippen molar-refractivity contribution in [3.63, 3.8) is 0 Å². The fourth-order valence-corrected chi connectivity index (χ4v) is 2.95. The van der Waals surface area contributed by atoms with Crippen LogP contribution in [-0.4, -0.2) is 41.0 Å². The molecule has 1 aliphatic rings. The van der Waals surface area contributed by atoms with E-state index in [0.29, 0.717) is 22.4 Å². The highest BCUT2D eigenvalue weighted by molar-refractivity contribution is 6.21. The molecule has 0 N–H and O–H groups in total. The Morgan fingerprint density at radius 2 is 1.65 bits per heavy atom. The lowest BCUT2D eigenvalue weighted by Crippen LogP contribution is -2.33. The molecule has 0 atom stereocenters. The number of benzene rings is 2. The standard InChI is InChI=1S/C19H14N2O5/c22-17(11-15-14-7-3-4-8-16(14)26-20-15)25-10-9-21-18(23)12-5-1-2-6-13(12)19(21)24/h1-8H,9-11H2. The minimum atomic E-state index is -0.499. The second-order valence-electron chi connectivity index (χ2n) is 5.83. The van der Waals surface area contributed by atoms with Crippen LogP contribution < -0.4 is 0 Å². The Morgan fingerprint density at radius 3 is 2.38 bits per heavy atom. The summed E-state index contributed by atoms with van der Waals surface area (Å²) in [4.78, 5) is 37.6. The molecular formula is C19H14N2O5. The number of ether oxygens (including phenoxy) is 1. The molecule has 0 radical (unpaired) electrons. The normalized spacial score (nSPS) is 13.3. The van der Waals surface area contributed by atoms with E-state index in [1.807, 2.05) is 18.2 Å². The van der Waals surface area contributed by atoms with Crippen molar-refractivity contribution < 1.29 is 23.6 Å². The molecule has 3 aromatic rings. The maximum absolute atomic E-state index is 12.2. The van der Waals surface area contributed by atoms with Crippen molar-refractivity contribution >= 4 is 28.8 Å².